The van der Waals surface area contributed by atoms with Crippen LogP contribution in [-0.4, -0.2) is 23.9 Å². The molecule has 0 aliphatic carbocycles. The van der Waals surface area contributed by atoms with Crippen LogP contribution >= 0.6 is 0 Å². The van der Waals surface area contributed by atoms with Crippen LogP contribution < -0.4 is 0 Å². The first-order valence-corrected chi connectivity index (χ1v) is 14.1. The van der Waals surface area contributed by atoms with Gasteiger partial charge in [-0.1, -0.05) is 78.9 Å². The molecule has 0 spiro atoms. The van der Waals surface area contributed by atoms with E-state index in [4.69, 9.17) is 15.0 Å². The van der Waals surface area contributed by atoms with Gasteiger partial charge >= 0.3 is 0 Å². The third-order valence-electron chi connectivity index (χ3n) is 8.72. The third kappa shape index (κ3) is 2.70. The number of para-hydroxylation sites is 2. The predicted molar refractivity (Wildman–Crippen MR) is 172 cm³/mol. The van der Waals surface area contributed by atoms with E-state index in [9.17, 15) is 0 Å². The summed E-state index contributed by atoms with van der Waals surface area (Å²) in [4.78, 5) is 15.4. The average molecular weight is 536 g/mol. The lowest BCUT2D eigenvalue weighted by atomic mass is 10.0. The van der Waals surface area contributed by atoms with E-state index in [1.54, 1.807) is 0 Å². The maximum absolute atomic E-state index is 5.28. The van der Waals surface area contributed by atoms with Gasteiger partial charge in [0.05, 0.1) is 33.3 Å². The van der Waals surface area contributed by atoms with Gasteiger partial charge in [-0.25, -0.2) is 15.0 Å². The molecule has 0 atom stereocenters. The first-order valence-electron chi connectivity index (χ1n) is 14.1. The summed E-state index contributed by atoms with van der Waals surface area (Å²) in [5.74, 6) is 0.665. The fraction of sp³-hybridized carbons (Fsp3) is 0. The van der Waals surface area contributed by atoms with Crippen LogP contribution in [-0.2, 0) is 0 Å². The Morgan fingerprint density at radius 2 is 1.21 bits per heavy atom. The monoisotopic (exact) mass is 535 g/mol. The molecule has 0 amide bonds. The molecule has 0 saturated carbocycles. The molecule has 0 aliphatic rings. The molecule has 0 radical (unpaired) electrons. The Morgan fingerprint density at radius 1 is 0.476 bits per heavy atom. The number of benzene rings is 5. The van der Waals surface area contributed by atoms with Crippen LogP contribution in [0, 0.1) is 0 Å². The molecule has 0 saturated heterocycles. The first kappa shape index (κ1) is 21.9. The predicted octanol–water partition coefficient (Wildman–Crippen LogP) is 8.94. The van der Waals surface area contributed by atoms with Gasteiger partial charge in [0.2, 0.25) is 5.95 Å². The molecule has 5 aromatic heterocycles. The van der Waals surface area contributed by atoms with E-state index >= 15 is 0 Å². The van der Waals surface area contributed by atoms with Crippen molar-refractivity contribution in [1.29, 1.82) is 0 Å². The van der Waals surface area contributed by atoms with Crippen LogP contribution in [0.2, 0.25) is 0 Å². The van der Waals surface area contributed by atoms with Crippen LogP contribution in [0.5, 0.6) is 0 Å². The van der Waals surface area contributed by atoms with Gasteiger partial charge in [-0.3, -0.25) is 8.97 Å². The largest absolute Gasteiger partial charge is 0.293 e. The second kappa shape index (κ2) is 7.89. The van der Waals surface area contributed by atoms with E-state index in [1.807, 2.05) is 24.4 Å². The Bertz CT molecular complexity index is 2680. The fourth-order valence-electron chi connectivity index (χ4n) is 7.02. The Balaban J connectivity index is 1.46. The average Bonchev–Trinajstić information content (AvgIpc) is 3.53. The van der Waals surface area contributed by atoms with Gasteiger partial charge in [0.25, 0.3) is 0 Å². The van der Waals surface area contributed by atoms with Gasteiger partial charge in [-0.05, 0) is 47.9 Å². The molecule has 5 nitrogen and oxygen atoms in total. The highest BCUT2D eigenvalue weighted by Gasteiger charge is 2.24. The zero-order valence-corrected chi connectivity index (χ0v) is 22.4. The molecule has 10 aromatic rings. The van der Waals surface area contributed by atoms with Gasteiger partial charge < -0.3 is 0 Å². The van der Waals surface area contributed by atoms with Crippen LogP contribution in [0.15, 0.2) is 128 Å². The highest BCUT2D eigenvalue weighted by molar-refractivity contribution is 6.32. The molecule has 5 heteroatoms. The molecule has 0 bridgehead atoms. The number of hydrogen-bond acceptors (Lipinski definition) is 3. The summed E-state index contributed by atoms with van der Waals surface area (Å²) in [6, 6.07) is 42.6. The van der Waals surface area contributed by atoms with Crippen LogP contribution in [0.3, 0.4) is 0 Å². The molecule has 0 unspecified atom stereocenters. The van der Waals surface area contributed by atoms with Crippen molar-refractivity contribution in [3.8, 4) is 17.2 Å². The van der Waals surface area contributed by atoms with Gasteiger partial charge in [0.1, 0.15) is 5.65 Å². The van der Waals surface area contributed by atoms with Gasteiger partial charge in [-0.2, -0.15) is 0 Å². The minimum absolute atomic E-state index is 0.665. The molecule has 0 fully saturated rings. The van der Waals surface area contributed by atoms with E-state index in [0.29, 0.717) is 5.95 Å². The molecular formula is C37H21N5. The van der Waals surface area contributed by atoms with Crippen LogP contribution in [0.25, 0.3) is 88.1 Å². The lowest BCUT2D eigenvalue weighted by Crippen LogP contribution is -2.03. The minimum Gasteiger partial charge on any atom is -0.293 e. The molecule has 194 valence electrons. The SMILES string of the molecule is c1ccc(-c2nc(-n3c4cccc5c6ccccc6n6c7ncccc7c7ccc3c(c54)c76)nc3ccccc23)cc1. The first-order chi connectivity index (χ1) is 20.9. The normalized spacial score (nSPS) is 12.3. The lowest BCUT2D eigenvalue weighted by molar-refractivity contribution is 1.01. The fourth-order valence-corrected chi connectivity index (χ4v) is 7.02. The van der Waals surface area contributed by atoms with E-state index in [2.05, 4.69) is 112 Å². The Morgan fingerprint density at radius 3 is 2.14 bits per heavy atom. The topological polar surface area (TPSA) is 48.0 Å². The second-order valence-corrected chi connectivity index (χ2v) is 10.9. The number of nitrogens with zero attached hydrogens (tertiary/aromatic N) is 5. The quantitative estimate of drug-likeness (QED) is 0.222. The zero-order valence-electron chi connectivity index (χ0n) is 22.4. The van der Waals surface area contributed by atoms with Crippen molar-refractivity contribution < 1.29 is 0 Å². The van der Waals surface area contributed by atoms with Gasteiger partial charge in [0, 0.05) is 44.1 Å². The highest BCUT2D eigenvalue weighted by Crippen LogP contribution is 2.44. The van der Waals surface area contributed by atoms with Crippen molar-refractivity contribution in [3.63, 3.8) is 0 Å². The summed E-state index contributed by atoms with van der Waals surface area (Å²) in [6.45, 7) is 0. The van der Waals surface area contributed by atoms with Crippen molar-refractivity contribution in [2.75, 3.05) is 0 Å². The maximum Gasteiger partial charge on any atom is 0.235 e. The summed E-state index contributed by atoms with van der Waals surface area (Å²) in [5, 5.41) is 8.19. The summed E-state index contributed by atoms with van der Waals surface area (Å²) >= 11 is 0. The zero-order chi connectivity index (χ0) is 27.4. The third-order valence-corrected chi connectivity index (χ3v) is 8.72. The van der Waals surface area contributed by atoms with Crippen molar-refractivity contribution in [3.05, 3.63) is 128 Å². The molecule has 42 heavy (non-hydrogen) atoms. The molecule has 10 rings (SSSR count). The molecule has 0 aliphatic heterocycles. The van der Waals surface area contributed by atoms with E-state index < -0.39 is 0 Å². The second-order valence-electron chi connectivity index (χ2n) is 10.9. The number of aromatic nitrogens is 5. The molecule has 0 N–H and O–H groups in total. The van der Waals surface area contributed by atoms with E-state index in [1.165, 1.54) is 32.4 Å². The molecule has 5 heterocycles. The number of hydrogen-bond donors (Lipinski definition) is 0. The summed E-state index contributed by atoms with van der Waals surface area (Å²) in [5.41, 5.74) is 8.38. The maximum atomic E-state index is 5.28. The minimum atomic E-state index is 0.665. The van der Waals surface area contributed by atoms with E-state index in [-0.39, 0.29) is 0 Å². The molecule has 5 aromatic carbocycles. The van der Waals surface area contributed by atoms with Gasteiger partial charge in [0.15, 0.2) is 0 Å². The van der Waals surface area contributed by atoms with Crippen molar-refractivity contribution >= 4 is 70.9 Å². The Hall–Kier alpha value is -5.81. The van der Waals surface area contributed by atoms with E-state index in [0.717, 1.165) is 49.7 Å². The summed E-state index contributed by atoms with van der Waals surface area (Å²) in [6.07, 6.45) is 1.89. The Labute approximate surface area is 239 Å². The smallest absolute Gasteiger partial charge is 0.235 e. The number of fused-ring (bicyclic) bond motifs is 7. The highest BCUT2D eigenvalue weighted by atomic mass is 15.2. The van der Waals surface area contributed by atoms with Crippen LogP contribution in [0.4, 0.5) is 0 Å². The van der Waals surface area contributed by atoms with Crippen LogP contribution in [0.1, 0.15) is 0 Å². The summed E-state index contributed by atoms with van der Waals surface area (Å²) < 4.78 is 4.60. The molecular weight excluding hydrogens is 514 g/mol. The van der Waals surface area contributed by atoms with Crippen molar-refractivity contribution in [2.24, 2.45) is 0 Å². The number of pyridine rings is 1. The van der Waals surface area contributed by atoms with Crippen molar-refractivity contribution in [1.82, 2.24) is 23.9 Å². The van der Waals surface area contributed by atoms with Gasteiger partial charge in [-0.15, -0.1) is 0 Å². The standard InChI is InChI=1S/C37H21N5/c1-2-10-22(11-3-1)34-27-13-4-6-16-28(27)39-37(40-34)41-30-18-8-14-24-23-12-5-7-17-29(23)42-35-25(26-15-9-21-38-36(26)42)19-20-31(41)33(35)32(24)30/h1-21H. The summed E-state index contributed by atoms with van der Waals surface area (Å²) in [7, 11) is 0. The number of rotatable bonds is 2. The van der Waals surface area contributed by atoms with Crippen molar-refractivity contribution in [2.45, 2.75) is 0 Å². The Kier molecular flexibility index (Phi) is 4.12. The lowest BCUT2D eigenvalue weighted by Gasteiger charge is -2.12.